The molecule has 0 aromatic heterocycles. The number of imide groups is 1. The van der Waals surface area contributed by atoms with Crippen LogP contribution in [0.4, 0.5) is 5.69 Å². The van der Waals surface area contributed by atoms with E-state index < -0.39 is 5.25 Å². The van der Waals surface area contributed by atoms with E-state index in [1.54, 1.807) is 0 Å². The molecule has 4 nitrogen and oxygen atoms in total. The third-order valence-electron chi connectivity index (χ3n) is 4.63. The highest BCUT2D eigenvalue weighted by atomic mass is 32.2. The number of carbonyl (C=O) groups excluding carboxylic acids is 2. The molecule has 24 heavy (non-hydrogen) atoms. The van der Waals surface area contributed by atoms with Crippen molar-refractivity contribution in [2.24, 2.45) is 0 Å². The number of thioether (sulfide) groups is 1. The summed E-state index contributed by atoms with van der Waals surface area (Å²) in [7, 11) is 0. The molecule has 1 aromatic carbocycles. The second-order valence-corrected chi connectivity index (χ2v) is 8.27. The standard InChI is InChI=1S/C18H22N2O2S2/c1-12-7-6-8-13(2)16(12)20-15(21)11-14(17(20)22)24-18(23)19-9-4-3-5-10-19/h6-8,14H,3-5,9-11H2,1-2H3/t14-/m1/s1. The molecule has 3 rings (SSSR count). The molecule has 1 atom stereocenters. The van der Waals surface area contributed by atoms with Gasteiger partial charge in [-0.1, -0.05) is 42.2 Å². The van der Waals surface area contributed by atoms with Crippen molar-refractivity contribution in [1.29, 1.82) is 0 Å². The Hall–Kier alpha value is -1.40. The number of hydrogen-bond donors (Lipinski definition) is 0. The monoisotopic (exact) mass is 362 g/mol. The second-order valence-electron chi connectivity index (χ2n) is 6.43. The van der Waals surface area contributed by atoms with Crippen LogP contribution >= 0.6 is 24.0 Å². The summed E-state index contributed by atoms with van der Waals surface area (Å²) in [6, 6.07) is 5.81. The number of likely N-dealkylation sites (tertiary alicyclic amines) is 1. The quantitative estimate of drug-likeness (QED) is 0.595. The molecule has 1 aromatic rings. The Morgan fingerprint density at radius 3 is 2.38 bits per heavy atom. The highest BCUT2D eigenvalue weighted by Gasteiger charge is 2.42. The van der Waals surface area contributed by atoms with Crippen LogP contribution in [0.1, 0.15) is 36.8 Å². The average molecular weight is 363 g/mol. The van der Waals surface area contributed by atoms with Crippen molar-refractivity contribution >= 4 is 45.8 Å². The lowest BCUT2D eigenvalue weighted by Crippen LogP contribution is -2.36. The highest BCUT2D eigenvalue weighted by Crippen LogP contribution is 2.34. The number of amides is 2. The van der Waals surface area contributed by atoms with Crippen LogP contribution in [-0.4, -0.2) is 39.4 Å². The number of thiocarbonyl (C=S) groups is 1. The maximum Gasteiger partial charge on any atom is 0.247 e. The summed E-state index contributed by atoms with van der Waals surface area (Å²) >= 11 is 6.90. The summed E-state index contributed by atoms with van der Waals surface area (Å²) in [5.74, 6) is -0.266. The zero-order valence-corrected chi connectivity index (χ0v) is 15.7. The zero-order chi connectivity index (χ0) is 17.3. The van der Waals surface area contributed by atoms with Gasteiger partial charge in [0.05, 0.1) is 5.69 Å². The van der Waals surface area contributed by atoms with Crippen molar-refractivity contribution in [3.05, 3.63) is 29.3 Å². The Kier molecular flexibility index (Phi) is 5.25. The zero-order valence-electron chi connectivity index (χ0n) is 14.1. The fraction of sp³-hybridized carbons (Fsp3) is 0.500. The first kappa shape index (κ1) is 17.4. The minimum Gasteiger partial charge on any atom is -0.358 e. The summed E-state index contributed by atoms with van der Waals surface area (Å²) < 4.78 is 0.754. The molecule has 0 bridgehead atoms. The lowest BCUT2D eigenvalue weighted by Gasteiger charge is -2.29. The number of hydrogen-bond acceptors (Lipinski definition) is 4. The Morgan fingerprint density at radius 2 is 1.75 bits per heavy atom. The van der Waals surface area contributed by atoms with Crippen molar-refractivity contribution in [3.63, 3.8) is 0 Å². The maximum absolute atomic E-state index is 12.8. The fourth-order valence-corrected chi connectivity index (χ4v) is 4.90. The van der Waals surface area contributed by atoms with Crippen LogP contribution in [0.15, 0.2) is 18.2 Å². The molecule has 0 saturated carbocycles. The van der Waals surface area contributed by atoms with Gasteiger partial charge in [-0.25, -0.2) is 4.90 Å². The van der Waals surface area contributed by atoms with Gasteiger partial charge in [-0.3, -0.25) is 9.59 Å². The molecule has 128 valence electrons. The molecular weight excluding hydrogens is 340 g/mol. The largest absolute Gasteiger partial charge is 0.358 e. The molecule has 2 fully saturated rings. The van der Waals surface area contributed by atoms with E-state index in [-0.39, 0.29) is 18.2 Å². The third kappa shape index (κ3) is 3.35. The van der Waals surface area contributed by atoms with E-state index in [4.69, 9.17) is 12.2 Å². The van der Waals surface area contributed by atoms with Crippen molar-refractivity contribution in [2.45, 2.75) is 44.8 Å². The van der Waals surface area contributed by atoms with Gasteiger partial charge in [-0.05, 0) is 44.2 Å². The van der Waals surface area contributed by atoms with Gasteiger partial charge in [0.2, 0.25) is 11.8 Å². The molecule has 0 spiro atoms. The van der Waals surface area contributed by atoms with Crippen LogP contribution in [0, 0.1) is 13.8 Å². The summed E-state index contributed by atoms with van der Waals surface area (Å²) in [5, 5.41) is -0.397. The third-order valence-corrected chi connectivity index (χ3v) is 6.29. The summed E-state index contributed by atoms with van der Waals surface area (Å²) in [6.45, 7) is 5.78. The van der Waals surface area contributed by atoms with Crippen molar-refractivity contribution in [3.8, 4) is 0 Å². The van der Waals surface area contributed by atoms with Crippen LogP contribution < -0.4 is 4.90 Å². The van der Waals surface area contributed by atoms with Gasteiger partial charge in [0, 0.05) is 19.5 Å². The Labute approximate surface area is 152 Å². The number of anilines is 1. The van der Waals surface area contributed by atoms with Gasteiger partial charge in [-0.15, -0.1) is 0 Å². The van der Waals surface area contributed by atoms with E-state index in [9.17, 15) is 9.59 Å². The molecule has 6 heteroatoms. The first-order chi connectivity index (χ1) is 11.5. The van der Waals surface area contributed by atoms with Gasteiger partial charge >= 0.3 is 0 Å². The van der Waals surface area contributed by atoms with Crippen LogP contribution in [0.3, 0.4) is 0 Å². The summed E-state index contributed by atoms with van der Waals surface area (Å²) in [4.78, 5) is 28.9. The van der Waals surface area contributed by atoms with Gasteiger partial charge in [-0.2, -0.15) is 0 Å². The van der Waals surface area contributed by atoms with E-state index in [2.05, 4.69) is 4.90 Å². The molecule has 2 aliphatic heterocycles. The van der Waals surface area contributed by atoms with Gasteiger partial charge in [0.1, 0.15) is 9.57 Å². The van der Waals surface area contributed by atoms with Crippen LogP contribution in [0.5, 0.6) is 0 Å². The lowest BCUT2D eigenvalue weighted by atomic mass is 10.1. The van der Waals surface area contributed by atoms with E-state index in [0.717, 1.165) is 47.1 Å². The molecule has 2 amide bonds. The second kappa shape index (κ2) is 7.23. The van der Waals surface area contributed by atoms with Crippen LogP contribution in [0.25, 0.3) is 0 Å². The summed E-state index contributed by atoms with van der Waals surface area (Å²) in [5.41, 5.74) is 2.63. The number of piperidine rings is 1. The molecule has 2 aliphatic rings. The highest BCUT2D eigenvalue weighted by molar-refractivity contribution is 8.23. The normalized spacial score (nSPS) is 21.5. The van der Waals surface area contributed by atoms with Gasteiger partial charge in [0.15, 0.2) is 0 Å². The summed E-state index contributed by atoms with van der Waals surface area (Å²) in [6.07, 6.45) is 3.76. The molecule has 0 radical (unpaired) electrons. The molecular formula is C18H22N2O2S2. The smallest absolute Gasteiger partial charge is 0.247 e. The first-order valence-electron chi connectivity index (χ1n) is 8.37. The number of benzene rings is 1. The molecule has 0 N–H and O–H groups in total. The molecule has 0 unspecified atom stereocenters. The number of carbonyl (C=O) groups is 2. The molecule has 0 aliphatic carbocycles. The predicted molar refractivity (Wildman–Crippen MR) is 102 cm³/mol. The number of rotatable bonds is 2. The van der Waals surface area contributed by atoms with E-state index in [0.29, 0.717) is 0 Å². The Morgan fingerprint density at radius 1 is 1.12 bits per heavy atom. The number of nitrogens with zero attached hydrogens (tertiary/aromatic N) is 2. The van der Waals surface area contributed by atoms with Crippen molar-refractivity contribution in [1.82, 2.24) is 4.90 Å². The minimum absolute atomic E-state index is 0.128. The van der Waals surface area contributed by atoms with E-state index in [1.807, 2.05) is 32.0 Å². The Balaban J connectivity index is 1.75. The Bertz CT molecular complexity index is 663. The van der Waals surface area contributed by atoms with Gasteiger partial charge in [0.25, 0.3) is 0 Å². The fourth-order valence-electron chi connectivity index (χ4n) is 3.36. The average Bonchev–Trinajstić information content (AvgIpc) is 2.83. The van der Waals surface area contributed by atoms with Crippen molar-refractivity contribution in [2.75, 3.05) is 18.0 Å². The lowest BCUT2D eigenvalue weighted by molar-refractivity contribution is -0.121. The maximum atomic E-state index is 12.8. The molecule has 2 heterocycles. The van der Waals surface area contributed by atoms with Crippen LogP contribution in [0.2, 0.25) is 0 Å². The number of aryl methyl sites for hydroxylation is 2. The van der Waals surface area contributed by atoms with Crippen LogP contribution in [-0.2, 0) is 9.59 Å². The van der Waals surface area contributed by atoms with E-state index >= 15 is 0 Å². The van der Waals surface area contributed by atoms with Crippen molar-refractivity contribution < 1.29 is 9.59 Å². The van der Waals surface area contributed by atoms with Gasteiger partial charge < -0.3 is 4.90 Å². The first-order valence-corrected chi connectivity index (χ1v) is 9.66. The SMILES string of the molecule is Cc1cccc(C)c1N1C(=O)C[C@@H](SC(=S)N2CCCCC2)C1=O. The molecule has 2 saturated heterocycles. The van der Waals surface area contributed by atoms with E-state index in [1.165, 1.54) is 23.1 Å². The topological polar surface area (TPSA) is 40.6 Å². The predicted octanol–water partition coefficient (Wildman–Crippen LogP) is 3.44. The minimum atomic E-state index is -0.397. The number of para-hydroxylation sites is 1.